The Labute approximate surface area is 61.5 Å². The number of carboxylic acid groups (broad SMARTS) is 1. The van der Waals surface area contributed by atoms with Gasteiger partial charge in [0.1, 0.15) is 5.94 Å². The smallest absolute Gasteiger partial charge is 0.318 e. The molecule has 0 aliphatic heterocycles. The molecule has 1 radical (unpaired) electrons. The summed E-state index contributed by atoms with van der Waals surface area (Å²) < 4.78 is 0. The topological polar surface area (TPSA) is 69.6 Å². The first-order valence-electron chi connectivity index (χ1n) is 3.10. The van der Waals surface area contributed by atoms with Crippen molar-refractivity contribution in [3.05, 3.63) is 0 Å². The summed E-state index contributed by atoms with van der Waals surface area (Å²) in [5, 5.41) is 18.6. The molecule has 3 N–H and O–H groups in total. The van der Waals surface area contributed by atoms with E-state index in [1.807, 2.05) is 13.8 Å². The van der Waals surface area contributed by atoms with Gasteiger partial charge in [0, 0.05) is 0 Å². The molecule has 0 unspecified atom stereocenters. The zero-order chi connectivity index (χ0) is 8.57. The van der Waals surface area contributed by atoms with Crippen LogP contribution in [-0.4, -0.2) is 36.6 Å². The van der Waals surface area contributed by atoms with Gasteiger partial charge in [-0.05, 0) is 7.05 Å². The molecule has 0 bridgehead atoms. The van der Waals surface area contributed by atoms with Crippen LogP contribution < -0.4 is 5.32 Å². The van der Waals surface area contributed by atoms with Crippen molar-refractivity contribution in [2.75, 3.05) is 7.05 Å². The van der Waals surface area contributed by atoms with Crippen molar-refractivity contribution >= 4 is 13.5 Å². The van der Waals surface area contributed by atoms with Crippen molar-refractivity contribution in [3.63, 3.8) is 0 Å². The van der Waals surface area contributed by atoms with Gasteiger partial charge in [-0.25, -0.2) is 0 Å². The summed E-state index contributed by atoms with van der Waals surface area (Å²) in [5.41, 5.74) is 0. The second kappa shape index (κ2) is 8.45. The molecule has 0 saturated carbocycles. The third kappa shape index (κ3) is 5.59. The third-order valence-electron chi connectivity index (χ3n) is 0.726. The molecule has 4 nitrogen and oxygen atoms in total. The van der Waals surface area contributed by atoms with Crippen LogP contribution in [0.25, 0.3) is 0 Å². The van der Waals surface area contributed by atoms with Crippen molar-refractivity contribution in [2.24, 2.45) is 0 Å². The number of likely N-dealkylation sites (N-methyl/N-ethyl adjacent to an activating group) is 1. The highest BCUT2D eigenvalue weighted by Crippen LogP contribution is 1.74. The molecule has 10 heavy (non-hydrogen) atoms. The van der Waals surface area contributed by atoms with Crippen LogP contribution in [0.1, 0.15) is 13.8 Å². The third-order valence-corrected chi connectivity index (χ3v) is 0.726. The number of hydrogen-bond donors (Lipinski definition) is 3. The maximum atomic E-state index is 9.91. The highest BCUT2D eigenvalue weighted by molar-refractivity contribution is 6.35. The van der Waals surface area contributed by atoms with E-state index in [4.69, 9.17) is 10.1 Å². The van der Waals surface area contributed by atoms with E-state index in [-0.39, 0.29) is 0 Å². The molecule has 0 aromatic heterocycles. The first-order valence-corrected chi connectivity index (χ1v) is 3.10. The van der Waals surface area contributed by atoms with Crippen molar-refractivity contribution < 1.29 is 14.9 Å². The first-order chi connectivity index (χ1) is 4.72. The quantitative estimate of drug-likeness (QED) is 0.458. The van der Waals surface area contributed by atoms with Crippen LogP contribution in [0.5, 0.6) is 0 Å². The second-order valence-electron chi connectivity index (χ2n) is 1.25. The molecule has 5 heteroatoms. The zero-order valence-electron chi connectivity index (χ0n) is 6.46. The highest BCUT2D eigenvalue weighted by atomic mass is 16.4. The van der Waals surface area contributed by atoms with Gasteiger partial charge in [-0.2, -0.15) is 0 Å². The van der Waals surface area contributed by atoms with E-state index < -0.39 is 11.9 Å². The summed E-state index contributed by atoms with van der Waals surface area (Å²) in [4.78, 5) is 9.91. The standard InChI is InChI=1S/C3H7BNO3.C2H6/c1-5-2(4-8)3(6)7;1-2/h2,5,8H,1H3,(H,6,7);1-2H3/t2-;/m1./s1. The van der Waals surface area contributed by atoms with Crippen LogP contribution in [-0.2, 0) is 4.79 Å². The maximum absolute atomic E-state index is 9.91. The number of aliphatic carboxylic acids is 1. The number of carboxylic acids is 1. The van der Waals surface area contributed by atoms with Gasteiger partial charge in [0.15, 0.2) is 0 Å². The molecule has 0 aromatic rings. The highest BCUT2D eigenvalue weighted by Gasteiger charge is 2.13. The fourth-order valence-corrected chi connectivity index (χ4v) is 0.262. The molecule has 0 spiro atoms. The predicted molar refractivity (Wildman–Crippen MR) is 39.8 cm³/mol. The lowest BCUT2D eigenvalue weighted by Gasteiger charge is -2.02. The van der Waals surface area contributed by atoms with Gasteiger partial charge in [0.25, 0.3) is 0 Å². The summed E-state index contributed by atoms with van der Waals surface area (Å²) >= 11 is 0. The number of nitrogens with one attached hydrogen (secondary N) is 1. The van der Waals surface area contributed by atoms with Crippen LogP contribution in [0.3, 0.4) is 0 Å². The lowest BCUT2D eigenvalue weighted by Crippen LogP contribution is -2.39. The molecular formula is C5H13BNO3. The predicted octanol–water partition coefficient (Wildman–Crippen LogP) is -0.746. The average Bonchev–Trinajstić information content (AvgIpc) is 1.94. The van der Waals surface area contributed by atoms with Crippen LogP contribution in [0.2, 0.25) is 0 Å². The molecule has 0 aromatic carbocycles. The van der Waals surface area contributed by atoms with Crippen LogP contribution in [0.15, 0.2) is 0 Å². The number of rotatable bonds is 3. The monoisotopic (exact) mass is 146 g/mol. The minimum absolute atomic E-state index is 0.586. The average molecular weight is 146 g/mol. The van der Waals surface area contributed by atoms with Crippen molar-refractivity contribution in [1.29, 1.82) is 0 Å². The van der Waals surface area contributed by atoms with E-state index in [1.165, 1.54) is 7.05 Å². The Morgan fingerprint density at radius 3 is 2.00 bits per heavy atom. The zero-order valence-corrected chi connectivity index (χ0v) is 6.46. The Kier molecular flexibility index (Phi) is 10.3. The summed E-state index contributed by atoms with van der Waals surface area (Å²) in [6, 6.07) is 0. The van der Waals surface area contributed by atoms with Crippen LogP contribution >= 0.6 is 0 Å². The van der Waals surface area contributed by atoms with Crippen LogP contribution in [0.4, 0.5) is 0 Å². The van der Waals surface area contributed by atoms with Gasteiger partial charge in [-0.15, -0.1) is 0 Å². The molecule has 0 aliphatic carbocycles. The largest absolute Gasteiger partial charge is 0.481 e. The Morgan fingerprint density at radius 1 is 1.60 bits per heavy atom. The molecule has 0 heterocycles. The van der Waals surface area contributed by atoms with Gasteiger partial charge in [0.2, 0.25) is 0 Å². The molecule has 0 fully saturated rings. The summed E-state index contributed by atoms with van der Waals surface area (Å²) in [7, 11) is 2.04. The van der Waals surface area contributed by atoms with Crippen molar-refractivity contribution in [1.82, 2.24) is 5.32 Å². The number of carbonyl (C=O) groups is 1. The van der Waals surface area contributed by atoms with Crippen molar-refractivity contribution in [3.8, 4) is 0 Å². The van der Waals surface area contributed by atoms with Crippen LogP contribution in [0, 0.1) is 0 Å². The van der Waals surface area contributed by atoms with E-state index in [0.717, 1.165) is 0 Å². The normalized spacial score (nSPS) is 10.8. The Hall–Kier alpha value is -0.545. The second-order valence-corrected chi connectivity index (χ2v) is 1.25. The number of hydrogen-bond acceptors (Lipinski definition) is 3. The van der Waals surface area contributed by atoms with Gasteiger partial charge >= 0.3 is 13.5 Å². The summed E-state index contributed by atoms with van der Waals surface area (Å²) in [5.74, 6) is -2.04. The van der Waals surface area contributed by atoms with E-state index in [0.29, 0.717) is 7.48 Å². The van der Waals surface area contributed by atoms with Gasteiger partial charge in [-0.3, -0.25) is 4.79 Å². The lowest BCUT2D eigenvalue weighted by molar-refractivity contribution is -0.137. The molecular weight excluding hydrogens is 133 g/mol. The minimum atomic E-state index is -1.09. The van der Waals surface area contributed by atoms with Gasteiger partial charge in [-0.1, -0.05) is 13.8 Å². The van der Waals surface area contributed by atoms with E-state index in [2.05, 4.69) is 5.32 Å². The Bertz CT molecular complexity index is 85.0. The maximum Gasteiger partial charge on any atom is 0.318 e. The lowest BCUT2D eigenvalue weighted by atomic mass is 9.89. The van der Waals surface area contributed by atoms with Gasteiger partial charge < -0.3 is 15.4 Å². The molecule has 59 valence electrons. The Balaban J connectivity index is 0. The fourth-order valence-electron chi connectivity index (χ4n) is 0.262. The SMILES string of the molecule is CC.CN[C@@H]([B]O)C(=O)O. The summed E-state index contributed by atoms with van der Waals surface area (Å²) in [6.07, 6.45) is 0. The molecule has 0 amide bonds. The van der Waals surface area contributed by atoms with E-state index in [1.54, 1.807) is 0 Å². The van der Waals surface area contributed by atoms with Crippen molar-refractivity contribution in [2.45, 2.75) is 19.8 Å². The Morgan fingerprint density at radius 2 is 2.00 bits per heavy atom. The minimum Gasteiger partial charge on any atom is -0.481 e. The molecule has 1 atom stereocenters. The fraction of sp³-hybridized carbons (Fsp3) is 0.800. The van der Waals surface area contributed by atoms with E-state index in [9.17, 15) is 4.79 Å². The molecule has 0 aliphatic rings. The molecule has 0 rings (SSSR count). The van der Waals surface area contributed by atoms with Gasteiger partial charge in [0.05, 0.1) is 0 Å². The first kappa shape index (κ1) is 12.2. The van der Waals surface area contributed by atoms with E-state index >= 15 is 0 Å². The summed E-state index contributed by atoms with van der Waals surface area (Å²) in [6.45, 7) is 4.00. The molecule has 0 saturated heterocycles.